The molecule has 0 spiro atoms. The summed E-state index contributed by atoms with van der Waals surface area (Å²) in [5, 5.41) is 7.41. The number of amides is 1. The fraction of sp³-hybridized carbons (Fsp3) is 0.100. The number of ether oxygens (including phenoxy) is 1. The number of carbonyl (C=O) groups excluding carboxylic acids is 2. The number of nitrogens with zero attached hydrogens (tertiary/aromatic N) is 3. The van der Waals surface area contributed by atoms with Crippen molar-refractivity contribution in [2.75, 3.05) is 5.32 Å². The van der Waals surface area contributed by atoms with Gasteiger partial charge >= 0.3 is 5.97 Å². The summed E-state index contributed by atoms with van der Waals surface area (Å²) in [6, 6.07) is 23.0. The van der Waals surface area contributed by atoms with Crippen LogP contribution in [-0.4, -0.2) is 37.9 Å². The van der Waals surface area contributed by atoms with Crippen molar-refractivity contribution in [3.05, 3.63) is 96.1 Å². The first-order chi connectivity index (χ1) is 19.1. The van der Waals surface area contributed by atoms with Crippen molar-refractivity contribution < 1.29 is 14.3 Å². The van der Waals surface area contributed by atoms with Gasteiger partial charge in [-0.15, -0.1) is 11.3 Å². The van der Waals surface area contributed by atoms with Crippen LogP contribution in [0.4, 0.5) is 5.13 Å². The molecule has 2 N–H and O–H groups in total. The third-order valence-corrected chi connectivity index (χ3v) is 7.10. The quantitative estimate of drug-likeness (QED) is 0.227. The zero-order chi connectivity index (χ0) is 26.8. The van der Waals surface area contributed by atoms with Crippen LogP contribution in [0.1, 0.15) is 23.7 Å². The van der Waals surface area contributed by atoms with Gasteiger partial charge in [-0.05, 0) is 53.6 Å². The summed E-state index contributed by atoms with van der Waals surface area (Å²) in [6.45, 7) is 1.79. The molecule has 3 heterocycles. The Labute approximate surface area is 227 Å². The molecule has 39 heavy (non-hydrogen) atoms. The largest absolute Gasteiger partial charge is 0.449 e. The van der Waals surface area contributed by atoms with Gasteiger partial charge in [0, 0.05) is 28.9 Å². The number of aromatic nitrogens is 4. The van der Waals surface area contributed by atoms with Gasteiger partial charge in [0.05, 0.1) is 22.3 Å². The minimum Gasteiger partial charge on any atom is -0.449 e. The lowest BCUT2D eigenvalue weighted by atomic mass is 10.1. The second-order valence-electron chi connectivity index (χ2n) is 8.95. The van der Waals surface area contributed by atoms with Crippen LogP contribution in [0.15, 0.2) is 90.6 Å². The normalized spacial score (nSPS) is 11.9. The maximum absolute atomic E-state index is 13.0. The Morgan fingerprint density at radius 1 is 0.974 bits per heavy atom. The Hall–Kier alpha value is -4.89. The molecule has 1 atom stereocenters. The highest BCUT2D eigenvalue weighted by Gasteiger charge is 2.23. The summed E-state index contributed by atoms with van der Waals surface area (Å²) < 4.78 is 5.58. The number of benzene rings is 3. The van der Waals surface area contributed by atoms with E-state index in [2.05, 4.69) is 49.5 Å². The standard InChI is InChI=1S/C30H23N5O3S/c1-2-26(28(36)35-30-34-25(17-39-30)20-10-9-18-6-3-4-7-19(18)14-20)38-29(37)21-11-12-23-24(15-21)33-27(32-23)22-8-5-13-31-16-22/h3-17,26H,2H2,1H3,(H,32,33)(H,34,35,36). The van der Waals surface area contributed by atoms with E-state index in [1.54, 1.807) is 37.5 Å². The Balaban J connectivity index is 1.14. The molecule has 6 rings (SSSR count). The van der Waals surface area contributed by atoms with Gasteiger partial charge in [-0.25, -0.2) is 14.8 Å². The van der Waals surface area contributed by atoms with Gasteiger partial charge in [0.2, 0.25) is 0 Å². The second kappa shape index (κ2) is 10.5. The molecule has 1 amide bonds. The first-order valence-corrected chi connectivity index (χ1v) is 13.3. The molecular formula is C30H23N5O3S. The minimum absolute atomic E-state index is 0.317. The topological polar surface area (TPSA) is 110 Å². The molecule has 0 aliphatic carbocycles. The highest BCUT2D eigenvalue weighted by molar-refractivity contribution is 7.14. The van der Waals surface area contributed by atoms with Crippen LogP contribution in [0.2, 0.25) is 0 Å². The zero-order valence-electron chi connectivity index (χ0n) is 20.9. The van der Waals surface area contributed by atoms with Crippen LogP contribution in [0, 0.1) is 0 Å². The number of fused-ring (bicyclic) bond motifs is 2. The van der Waals surface area contributed by atoms with Gasteiger partial charge < -0.3 is 9.72 Å². The predicted molar refractivity (Wildman–Crippen MR) is 153 cm³/mol. The first kappa shape index (κ1) is 24.4. The monoisotopic (exact) mass is 533 g/mol. The molecule has 0 saturated carbocycles. The van der Waals surface area contributed by atoms with Gasteiger partial charge in [-0.2, -0.15) is 0 Å². The van der Waals surface area contributed by atoms with E-state index < -0.39 is 18.0 Å². The second-order valence-corrected chi connectivity index (χ2v) is 9.81. The summed E-state index contributed by atoms with van der Waals surface area (Å²) in [7, 11) is 0. The lowest BCUT2D eigenvalue weighted by molar-refractivity contribution is -0.124. The van der Waals surface area contributed by atoms with Crippen molar-refractivity contribution in [1.29, 1.82) is 0 Å². The van der Waals surface area contributed by atoms with Gasteiger partial charge in [-0.1, -0.05) is 43.3 Å². The smallest absolute Gasteiger partial charge is 0.338 e. The number of thiazole rings is 1. The summed E-state index contributed by atoms with van der Waals surface area (Å²) in [5.74, 6) is -0.361. The van der Waals surface area contributed by atoms with Crippen LogP contribution in [-0.2, 0) is 9.53 Å². The Kier molecular flexibility index (Phi) is 6.56. The highest BCUT2D eigenvalue weighted by atomic mass is 32.1. The lowest BCUT2D eigenvalue weighted by Crippen LogP contribution is -2.32. The molecule has 0 radical (unpaired) electrons. The van der Waals surface area contributed by atoms with Crippen molar-refractivity contribution in [2.45, 2.75) is 19.4 Å². The van der Waals surface area contributed by atoms with Crippen LogP contribution in [0.3, 0.4) is 0 Å². The summed E-state index contributed by atoms with van der Waals surface area (Å²) >= 11 is 1.32. The Morgan fingerprint density at radius 2 is 1.85 bits per heavy atom. The van der Waals surface area contributed by atoms with Crippen molar-refractivity contribution >= 4 is 50.2 Å². The first-order valence-electron chi connectivity index (χ1n) is 12.4. The van der Waals surface area contributed by atoms with Crippen molar-refractivity contribution in [1.82, 2.24) is 19.9 Å². The molecule has 0 aliphatic rings. The molecule has 6 aromatic rings. The van der Waals surface area contributed by atoms with Crippen LogP contribution < -0.4 is 5.32 Å². The molecular weight excluding hydrogens is 510 g/mol. The number of imidazole rings is 1. The number of rotatable bonds is 7. The number of carbonyl (C=O) groups is 2. The third kappa shape index (κ3) is 5.12. The average Bonchev–Trinajstić information content (AvgIpc) is 3.63. The lowest BCUT2D eigenvalue weighted by Gasteiger charge is -2.15. The van der Waals surface area contributed by atoms with Crippen molar-refractivity contribution in [2.24, 2.45) is 0 Å². The molecule has 0 saturated heterocycles. The molecule has 0 bridgehead atoms. The molecule has 0 aliphatic heterocycles. The average molecular weight is 534 g/mol. The van der Waals surface area contributed by atoms with E-state index in [9.17, 15) is 9.59 Å². The van der Waals surface area contributed by atoms with Gasteiger partial charge in [-0.3, -0.25) is 15.1 Å². The predicted octanol–water partition coefficient (Wildman–Crippen LogP) is 6.48. The minimum atomic E-state index is -0.964. The van der Waals surface area contributed by atoms with Gasteiger partial charge in [0.1, 0.15) is 5.82 Å². The highest BCUT2D eigenvalue weighted by Crippen LogP contribution is 2.28. The van der Waals surface area contributed by atoms with E-state index in [1.807, 2.05) is 35.7 Å². The molecule has 192 valence electrons. The number of nitrogens with one attached hydrogen (secondary N) is 2. The molecule has 1 unspecified atom stereocenters. The molecule has 3 aromatic heterocycles. The van der Waals surface area contributed by atoms with Gasteiger partial charge in [0.15, 0.2) is 11.2 Å². The maximum Gasteiger partial charge on any atom is 0.338 e. The van der Waals surface area contributed by atoms with Crippen LogP contribution >= 0.6 is 11.3 Å². The van der Waals surface area contributed by atoms with E-state index in [4.69, 9.17) is 4.74 Å². The number of pyridine rings is 1. The number of H-pyrrole nitrogens is 1. The Bertz CT molecular complexity index is 1810. The van der Waals surface area contributed by atoms with E-state index in [1.165, 1.54) is 11.3 Å². The van der Waals surface area contributed by atoms with Gasteiger partial charge in [0.25, 0.3) is 5.91 Å². The summed E-state index contributed by atoms with van der Waals surface area (Å²) in [5.41, 5.74) is 4.29. The summed E-state index contributed by atoms with van der Waals surface area (Å²) in [4.78, 5) is 42.3. The molecule has 9 heteroatoms. The fourth-order valence-corrected chi connectivity index (χ4v) is 5.02. The SMILES string of the molecule is CCC(OC(=O)c1ccc2nc(-c3cccnc3)[nH]c2c1)C(=O)Nc1nc(-c2ccc3ccccc3c2)cs1. The molecule has 0 fully saturated rings. The van der Waals surface area contributed by atoms with E-state index in [0.717, 1.165) is 27.6 Å². The van der Waals surface area contributed by atoms with Crippen molar-refractivity contribution in [3.8, 4) is 22.6 Å². The number of anilines is 1. The van der Waals surface area contributed by atoms with E-state index in [0.29, 0.717) is 34.0 Å². The summed E-state index contributed by atoms with van der Waals surface area (Å²) in [6.07, 6.45) is 2.76. The number of esters is 1. The number of hydrogen-bond acceptors (Lipinski definition) is 7. The number of hydrogen-bond donors (Lipinski definition) is 2. The fourth-order valence-electron chi connectivity index (χ4n) is 4.29. The van der Waals surface area contributed by atoms with E-state index >= 15 is 0 Å². The molecule has 3 aromatic carbocycles. The van der Waals surface area contributed by atoms with Crippen LogP contribution in [0.25, 0.3) is 44.5 Å². The molecule has 8 nitrogen and oxygen atoms in total. The van der Waals surface area contributed by atoms with Crippen LogP contribution in [0.5, 0.6) is 0 Å². The maximum atomic E-state index is 13.0. The number of aromatic amines is 1. The third-order valence-electron chi connectivity index (χ3n) is 6.34. The van der Waals surface area contributed by atoms with Crippen molar-refractivity contribution in [3.63, 3.8) is 0 Å². The van der Waals surface area contributed by atoms with E-state index in [-0.39, 0.29) is 0 Å². The zero-order valence-corrected chi connectivity index (χ0v) is 21.7. The Morgan fingerprint density at radius 3 is 2.67 bits per heavy atom.